The lowest BCUT2D eigenvalue weighted by Crippen LogP contribution is -2.07. The van der Waals surface area contributed by atoms with Crippen LogP contribution < -0.4 is 0 Å². The maximum Gasteiger partial charge on any atom is 0.0887 e. The second kappa shape index (κ2) is 5.40. The van der Waals surface area contributed by atoms with E-state index >= 15 is 0 Å². The van der Waals surface area contributed by atoms with Gasteiger partial charge in [-0.2, -0.15) is 0 Å². The average Bonchev–Trinajstić information content (AvgIpc) is 2.26. The molecule has 0 aliphatic rings. The van der Waals surface area contributed by atoms with Crippen molar-refractivity contribution in [2.24, 2.45) is 5.92 Å². The van der Waals surface area contributed by atoms with Crippen molar-refractivity contribution in [3.8, 4) is 0 Å². The Morgan fingerprint density at radius 2 is 1.93 bits per heavy atom. The zero-order chi connectivity index (χ0) is 10.4. The molecule has 0 aliphatic carbocycles. The molecule has 0 aromatic heterocycles. The third kappa shape index (κ3) is 2.57. The number of allylic oxidation sites excluding steroid dienone is 1. The summed E-state index contributed by atoms with van der Waals surface area (Å²) in [7, 11) is 0. The summed E-state index contributed by atoms with van der Waals surface area (Å²) in [6.07, 6.45) is 5.14. The van der Waals surface area contributed by atoms with E-state index in [0.29, 0.717) is 0 Å². The van der Waals surface area contributed by atoms with E-state index in [1.165, 1.54) is 0 Å². The highest BCUT2D eigenvalue weighted by Crippen LogP contribution is 2.23. The van der Waals surface area contributed by atoms with Crippen LogP contribution in [0.1, 0.15) is 18.6 Å². The number of benzene rings is 1. The average molecular weight is 188 g/mol. The van der Waals surface area contributed by atoms with Gasteiger partial charge in [-0.05, 0) is 12.5 Å². The lowest BCUT2D eigenvalue weighted by molar-refractivity contribution is 0.151. The van der Waals surface area contributed by atoms with Gasteiger partial charge >= 0.3 is 0 Å². The fourth-order valence-corrected chi connectivity index (χ4v) is 1.41. The topological polar surface area (TPSA) is 20.2 Å². The highest BCUT2D eigenvalue weighted by molar-refractivity contribution is 5.20. The lowest BCUT2D eigenvalue weighted by atomic mass is 9.95. The first-order valence-electron chi connectivity index (χ1n) is 4.78. The number of aliphatic hydroxyl groups excluding tert-OH is 1. The molecule has 1 N–H and O–H groups in total. The fraction of sp³-hybridized carbons (Fsp3) is 0.231. The van der Waals surface area contributed by atoms with Gasteiger partial charge in [0.15, 0.2) is 0 Å². The monoisotopic (exact) mass is 188 g/mol. The Bertz CT molecular complexity index is 300. The van der Waals surface area contributed by atoms with Gasteiger partial charge in [0.2, 0.25) is 0 Å². The SMILES string of the molecule is C=C[C@@H](/C=C/C)[C@@H](O)c1ccccc1. The second-order valence-corrected chi connectivity index (χ2v) is 3.19. The van der Waals surface area contributed by atoms with Crippen LogP contribution in [0.5, 0.6) is 0 Å². The Morgan fingerprint density at radius 1 is 1.29 bits per heavy atom. The molecule has 0 fully saturated rings. The van der Waals surface area contributed by atoms with Gasteiger partial charge in [-0.1, -0.05) is 48.6 Å². The minimum Gasteiger partial charge on any atom is -0.387 e. The Hall–Kier alpha value is -1.34. The first kappa shape index (κ1) is 10.7. The highest BCUT2D eigenvalue weighted by atomic mass is 16.3. The standard InChI is InChI=1S/C13H16O/c1-3-8-11(4-2)13(14)12-9-6-5-7-10-12/h3-11,13-14H,2H2,1H3/b8-3+/t11-,13+/m0/s1. The molecule has 0 bridgehead atoms. The molecule has 0 saturated heterocycles. The van der Waals surface area contributed by atoms with Crippen molar-refractivity contribution < 1.29 is 5.11 Å². The Morgan fingerprint density at radius 3 is 2.43 bits per heavy atom. The predicted octanol–water partition coefficient (Wildman–Crippen LogP) is 3.10. The summed E-state index contributed by atoms with van der Waals surface area (Å²) in [6.45, 7) is 5.65. The highest BCUT2D eigenvalue weighted by Gasteiger charge is 2.14. The van der Waals surface area contributed by atoms with Crippen molar-refractivity contribution in [1.29, 1.82) is 0 Å². The van der Waals surface area contributed by atoms with Gasteiger partial charge in [0.1, 0.15) is 0 Å². The van der Waals surface area contributed by atoms with Crippen LogP contribution in [0, 0.1) is 5.92 Å². The van der Waals surface area contributed by atoms with Crippen LogP contribution in [0.15, 0.2) is 55.1 Å². The molecule has 0 amide bonds. The maximum absolute atomic E-state index is 9.99. The molecular weight excluding hydrogens is 172 g/mol. The smallest absolute Gasteiger partial charge is 0.0887 e. The van der Waals surface area contributed by atoms with Crippen LogP contribution in [-0.4, -0.2) is 5.11 Å². The third-order valence-corrected chi connectivity index (χ3v) is 2.19. The summed E-state index contributed by atoms with van der Waals surface area (Å²) in [5, 5.41) is 9.99. The summed E-state index contributed by atoms with van der Waals surface area (Å²) >= 11 is 0. The maximum atomic E-state index is 9.99. The first-order chi connectivity index (χ1) is 6.79. The van der Waals surface area contributed by atoms with E-state index in [-0.39, 0.29) is 5.92 Å². The van der Waals surface area contributed by atoms with Gasteiger partial charge in [0, 0.05) is 5.92 Å². The first-order valence-corrected chi connectivity index (χ1v) is 4.78. The normalized spacial score (nSPS) is 15.3. The number of hydrogen-bond acceptors (Lipinski definition) is 1. The number of rotatable bonds is 4. The fourth-order valence-electron chi connectivity index (χ4n) is 1.41. The Labute approximate surface area is 85.4 Å². The van der Waals surface area contributed by atoms with Crippen LogP contribution in [0.2, 0.25) is 0 Å². The molecule has 1 rings (SSSR count). The molecule has 2 atom stereocenters. The Balaban J connectivity index is 2.83. The summed E-state index contributed by atoms with van der Waals surface area (Å²) < 4.78 is 0. The molecule has 1 aromatic carbocycles. The van der Waals surface area contributed by atoms with E-state index in [9.17, 15) is 5.11 Å². The van der Waals surface area contributed by atoms with Crippen LogP contribution in [-0.2, 0) is 0 Å². The summed E-state index contributed by atoms with van der Waals surface area (Å²) in [5.41, 5.74) is 0.926. The van der Waals surface area contributed by atoms with Crippen LogP contribution in [0.25, 0.3) is 0 Å². The van der Waals surface area contributed by atoms with Gasteiger partial charge in [0.25, 0.3) is 0 Å². The van der Waals surface area contributed by atoms with Gasteiger partial charge < -0.3 is 5.11 Å². The van der Waals surface area contributed by atoms with Crippen LogP contribution in [0.4, 0.5) is 0 Å². The largest absolute Gasteiger partial charge is 0.387 e. The molecule has 0 spiro atoms. The molecule has 0 radical (unpaired) electrons. The van der Waals surface area contributed by atoms with Crippen molar-refractivity contribution in [3.05, 3.63) is 60.7 Å². The lowest BCUT2D eigenvalue weighted by Gasteiger charge is -2.16. The second-order valence-electron chi connectivity index (χ2n) is 3.19. The predicted molar refractivity (Wildman–Crippen MR) is 59.9 cm³/mol. The van der Waals surface area contributed by atoms with Crippen molar-refractivity contribution in [1.82, 2.24) is 0 Å². The van der Waals surface area contributed by atoms with E-state index in [4.69, 9.17) is 0 Å². The van der Waals surface area contributed by atoms with E-state index in [1.807, 2.05) is 49.4 Å². The zero-order valence-corrected chi connectivity index (χ0v) is 8.43. The zero-order valence-electron chi connectivity index (χ0n) is 8.43. The summed E-state index contributed by atoms with van der Waals surface area (Å²) in [5.74, 6) is -0.0117. The van der Waals surface area contributed by atoms with E-state index in [0.717, 1.165) is 5.56 Å². The van der Waals surface area contributed by atoms with Gasteiger partial charge in [0.05, 0.1) is 6.10 Å². The van der Waals surface area contributed by atoms with Crippen molar-refractivity contribution in [2.75, 3.05) is 0 Å². The molecule has 0 heterocycles. The number of aliphatic hydroxyl groups is 1. The van der Waals surface area contributed by atoms with Gasteiger partial charge in [-0.3, -0.25) is 0 Å². The molecule has 1 heteroatoms. The minimum atomic E-state index is -0.495. The minimum absolute atomic E-state index is 0.0117. The van der Waals surface area contributed by atoms with Gasteiger partial charge in [-0.15, -0.1) is 6.58 Å². The van der Waals surface area contributed by atoms with Gasteiger partial charge in [-0.25, -0.2) is 0 Å². The molecule has 0 unspecified atom stereocenters. The van der Waals surface area contributed by atoms with Crippen molar-refractivity contribution >= 4 is 0 Å². The third-order valence-electron chi connectivity index (χ3n) is 2.19. The van der Waals surface area contributed by atoms with E-state index < -0.39 is 6.10 Å². The summed E-state index contributed by atoms with van der Waals surface area (Å²) in [6, 6.07) is 9.63. The quantitative estimate of drug-likeness (QED) is 0.720. The molecule has 0 aliphatic heterocycles. The molecule has 74 valence electrons. The molecule has 0 saturated carbocycles. The summed E-state index contributed by atoms with van der Waals surface area (Å²) in [4.78, 5) is 0. The van der Waals surface area contributed by atoms with Crippen molar-refractivity contribution in [2.45, 2.75) is 13.0 Å². The van der Waals surface area contributed by atoms with Crippen molar-refractivity contribution in [3.63, 3.8) is 0 Å². The molecular formula is C13H16O. The van der Waals surface area contributed by atoms with E-state index in [1.54, 1.807) is 6.08 Å². The molecule has 14 heavy (non-hydrogen) atoms. The Kier molecular flexibility index (Phi) is 4.14. The van der Waals surface area contributed by atoms with Crippen LogP contribution in [0.3, 0.4) is 0 Å². The molecule has 1 nitrogen and oxygen atoms in total. The molecule has 1 aromatic rings. The number of hydrogen-bond donors (Lipinski definition) is 1. The van der Waals surface area contributed by atoms with Crippen LogP contribution >= 0.6 is 0 Å². The van der Waals surface area contributed by atoms with E-state index in [2.05, 4.69) is 6.58 Å².